The van der Waals surface area contributed by atoms with E-state index in [1.54, 1.807) is 18.4 Å². The SMILES string of the molecule is CN=C(NCc1scnc1C)NCC1(C)CCCO1. The molecule has 6 heteroatoms. The van der Waals surface area contributed by atoms with Gasteiger partial charge < -0.3 is 15.4 Å². The average Bonchev–Trinajstić information content (AvgIpc) is 3.00. The topological polar surface area (TPSA) is 58.5 Å². The minimum absolute atomic E-state index is 0.0575. The van der Waals surface area contributed by atoms with E-state index in [0.29, 0.717) is 0 Å². The summed E-state index contributed by atoms with van der Waals surface area (Å²) < 4.78 is 5.75. The summed E-state index contributed by atoms with van der Waals surface area (Å²) in [4.78, 5) is 9.71. The molecule has 1 aromatic heterocycles. The number of hydrogen-bond acceptors (Lipinski definition) is 4. The Morgan fingerprint density at radius 3 is 3.00 bits per heavy atom. The number of hydrogen-bond donors (Lipinski definition) is 2. The molecule has 0 radical (unpaired) electrons. The fourth-order valence-electron chi connectivity index (χ4n) is 2.13. The summed E-state index contributed by atoms with van der Waals surface area (Å²) in [5, 5.41) is 6.64. The molecule has 19 heavy (non-hydrogen) atoms. The third-order valence-electron chi connectivity index (χ3n) is 3.42. The van der Waals surface area contributed by atoms with E-state index in [2.05, 4.69) is 27.5 Å². The standard InChI is InChI=1S/C13H22N4OS/c1-10-11(19-9-17-10)7-15-12(14-3)16-8-13(2)5-4-6-18-13/h9H,4-8H2,1-3H3,(H2,14,15,16). The van der Waals surface area contributed by atoms with E-state index in [1.165, 1.54) is 4.88 Å². The third-order valence-corrected chi connectivity index (χ3v) is 4.35. The van der Waals surface area contributed by atoms with Crippen molar-refractivity contribution < 1.29 is 4.74 Å². The molecule has 0 aliphatic carbocycles. The second kappa shape index (κ2) is 6.34. The summed E-state index contributed by atoms with van der Waals surface area (Å²) in [6.45, 7) is 6.58. The zero-order valence-corrected chi connectivity index (χ0v) is 12.6. The quantitative estimate of drug-likeness (QED) is 0.652. The van der Waals surface area contributed by atoms with Crippen molar-refractivity contribution in [1.82, 2.24) is 15.6 Å². The second-order valence-electron chi connectivity index (χ2n) is 5.04. The van der Waals surface area contributed by atoms with Gasteiger partial charge in [-0.25, -0.2) is 4.98 Å². The first-order chi connectivity index (χ1) is 9.13. The fourth-order valence-corrected chi connectivity index (χ4v) is 2.84. The number of aliphatic imine (C=N–C) groups is 1. The monoisotopic (exact) mass is 282 g/mol. The maximum absolute atomic E-state index is 5.75. The molecular weight excluding hydrogens is 260 g/mol. The van der Waals surface area contributed by atoms with Gasteiger partial charge >= 0.3 is 0 Å². The molecule has 0 spiro atoms. The molecule has 1 unspecified atom stereocenters. The van der Waals surface area contributed by atoms with Gasteiger partial charge in [0.15, 0.2) is 5.96 Å². The Balaban J connectivity index is 1.79. The van der Waals surface area contributed by atoms with Gasteiger partial charge in [0.1, 0.15) is 0 Å². The molecule has 5 nitrogen and oxygen atoms in total. The highest BCUT2D eigenvalue weighted by atomic mass is 32.1. The Hall–Kier alpha value is -1.14. The van der Waals surface area contributed by atoms with Gasteiger partial charge in [0, 0.05) is 25.1 Å². The number of nitrogens with zero attached hydrogens (tertiary/aromatic N) is 2. The number of thiazole rings is 1. The lowest BCUT2D eigenvalue weighted by Gasteiger charge is -2.24. The molecule has 0 saturated carbocycles. The maximum Gasteiger partial charge on any atom is 0.191 e. The van der Waals surface area contributed by atoms with Gasteiger partial charge in [0.25, 0.3) is 0 Å². The van der Waals surface area contributed by atoms with Crippen molar-refractivity contribution in [3.05, 3.63) is 16.1 Å². The summed E-state index contributed by atoms with van der Waals surface area (Å²) in [6.07, 6.45) is 2.25. The second-order valence-corrected chi connectivity index (χ2v) is 5.98. The summed E-state index contributed by atoms with van der Waals surface area (Å²) in [5.41, 5.74) is 2.90. The van der Waals surface area contributed by atoms with Crippen LogP contribution in [0.15, 0.2) is 10.5 Å². The molecular formula is C13H22N4OS. The van der Waals surface area contributed by atoms with Gasteiger partial charge in [-0.1, -0.05) is 0 Å². The largest absolute Gasteiger partial charge is 0.373 e. The van der Waals surface area contributed by atoms with Crippen molar-refractivity contribution in [2.24, 2.45) is 4.99 Å². The molecule has 1 fully saturated rings. The molecule has 1 aliphatic heterocycles. The fraction of sp³-hybridized carbons (Fsp3) is 0.692. The van der Waals surface area contributed by atoms with Crippen LogP contribution in [0.2, 0.25) is 0 Å². The lowest BCUT2D eigenvalue weighted by Crippen LogP contribution is -2.45. The molecule has 1 saturated heterocycles. The van der Waals surface area contributed by atoms with E-state index in [1.807, 2.05) is 12.4 Å². The number of nitrogens with one attached hydrogen (secondary N) is 2. The Labute approximate surface area is 118 Å². The van der Waals surface area contributed by atoms with Crippen LogP contribution in [0.1, 0.15) is 30.3 Å². The highest BCUT2D eigenvalue weighted by Crippen LogP contribution is 2.23. The van der Waals surface area contributed by atoms with Gasteiger partial charge in [-0.2, -0.15) is 0 Å². The van der Waals surface area contributed by atoms with E-state index < -0.39 is 0 Å². The Kier molecular flexibility index (Phi) is 4.76. The third kappa shape index (κ3) is 3.91. The van der Waals surface area contributed by atoms with Gasteiger partial charge in [0.05, 0.1) is 23.4 Å². The van der Waals surface area contributed by atoms with Crippen molar-refractivity contribution in [1.29, 1.82) is 0 Å². The molecule has 1 atom stereocenters. The van der Waals surface area contributed by atoms with Gasteiger partial charge in [0.2, 0.25) is 0 Å². The smallest absolute Gasteiger partial charge is 0.191 e. The molecule has 106 valence electrons. The highest BCUT2D eigenvalue weighted by molar-refractivity contribution is 7.09. The van der Waals surface area contributed by atoms with Crippen LogP contribution in [0.3, 0.4) is 0 Å². The number of guanidine groups is 1. The molecule has 0 bridgehead atoms. The Bertz CT molecular complexity index is 438. The molecule has 1 aromatic rings. The summed E-state index contributed by atoms with van der Waals surface area (Å²) >= 11 is 1.66. The van der Waals surface area contributed by atoms with E-state index in [9.17, 15) is 0 Å². The molecule has 0 amide bonds. The van der Waals surface area contributed by atoms with E-state index in [-0.39, 0.29) is 5.60 Å². The molecule has 1 aliphatic rings. The van der Waals surface area contributed by atoms with Gasteiger partial charge in [-0.15, -0.1) is 11.3 Å². The number of rotatable bonds is 4. The summed E-state index contributed by atoms with van der Waals surface area (Å²) in [5.74, 6) is 0.810. The van der Waals surface area contributed by atoms with E-state index in [4.69, 9.17) is 4.74 Å². The Morgan fingerprint density at radius 2 is 2.42 bits per heavy atom. The van der Waals surface area contributed by atoms with Crippen LogP contribution in [0.4, 0.5) is 0 Å². The Morgan fingerprint density at radius 1 is 1.58 bits per heavy atom. The summed E-state index contributed by atoms with van der Waals surface area (Å²) in [7, 11) is 1.78. The molecule has 2 N–H and O–H groups in total. The molecule has 0 aromatic carbocycles. The lowest BCUT2D eigenvalue weighted by atomic mass is 10.0. The van der Waals surface area contributed by atoms with Crippen LogP contribution in [0.25, 0.3) is 0 Å². The van der Waals surface area contributed by atoms with Crippen LogP contribution in [-0.2, 0) is 11.3 Å². The normalized spacial score (nSPS) is 23.6. The van der Waals surface area contributed by atoms with Crippen LogP contribution < -0.4 is 10.6 Å². The first-order valence-corrected chi connectivity index (χ1v) is 7.48. The van der Waals surface area contributed by atoms with Crippen LogP contribution in [0.5, 0.6) is 0 Å². The number of ether oxygens (including phenoxy) is 1. The zero-order chi connectivity index (χ0) is 13.7. The zero-order valence-electron chi connectivity index (χ0n) is 11.8. The predicted molar refractivity (Wildman–Crippen MR) is 78.6 cm³/mol. The van der Waals surface area contributed by atoms with Crippen LogP contribution >= 0.6 is 11.3 Å². The van der Waals surface area contributed by atoms with E-state index >= 15 is 0 Å². The molecule has 2 rings (SSSR count). The highest BCUT2D eigenvalue weighted by Gasteiger charge is 2.29. The minimum atomic E-state index is -0.0575. The van der Waals surface area contributed by atoms with Crippen molar-refractivity contribution in [3.8, 4) is 0 Å². The lowest BCUT2D eigenvalue weighted by molar-refractivity contribution is 0.0243. The number of aromatic nitrogens is 1. The van der Waals surface area contributed by atoms with E-state index in [0.717, 1.165) is 44.2 Å². The maximum atomic E-state index is 5.75. The van der Waals surface area contributed by atoms with Crippen molar-refractivity contribution >= 4 is 17.3 Å². The predicted octanol–water partition coefficient (Wildman–Crippen LogP) is 1.69. The van der Waals surface area contributed by atoms with Crippen LogP contribution in [0, 0.1) is 6.92 Å². The van der Waals surface area contributed by atoms with Crippen molar-refractivity contribution in [2.45, 2.75) is 38.8 Å². The molecule has 2 heterocycles. The van der Waals surface area contributed by atoms with Crippen molar-refractivity contribution in [3.63, 3.8) is 0 Å². The minimum Gasteiger partial charge on any atom is -0.373 e. The first-order valence-electron chi connectivity index (χ1n) is 6.60. The average molecular weight is 282 g/mol. The first kappa shape index (κ1) is 14.3. The van der Waals surface area contributed by atoms with Gasteiger partial charge in [-0.3, -0.25) is 4.99 Å². The van der Waals surface area contributed by atoms with Gasteiger partial charge in [-0.05, 0) is 26.7 Å². The van der Waals surface area contributed by atoms with Crippen LogP contribution in [-0.4, -0.2) is 36.7 Å². The number of aryl methyl sites for hydroxylation is 1. The van der Waals surface area contributed by atoms with Crippen molar-refractivity contribution in [2.75, 3.05) is 20.2 Å². The summed E-state index contributed by atoms with van der Waals surface area (Å²) in [6, 6.07) is 0.